The van der Waals surface area contributed by atoms with Crippen molar-refractivity contribution in [1.82, 2.24) is 0 Å². The summed E-state index contributed by atoms with van der Waals surface area (Å²) in [6.07, 6.45) is -8.91. The smallest absolute Gasteiger partial charge is 0.369 e. The van der Waals surface area contributed by atoms with Crippen molar-refractivity contribution in [3.8, 4) is 0 Å². The molecule has 1 aliphatic rings. The molecule has 37 heavy (non-hydrogen) atoms. The highest BCUT2D eigenvalue weighted by atomic mass is 32.2. The van der Waals surface area contributed by atoms with Crippen LogP contribution in [-0.2, 0) is 27.9 Å². The summed E-state index contributed by atoms with van der Waals surface area (Å²) in [5.74, 6) is -1.15. The van der Waals surface area contributed by atoms with Gasteiger partial charge in [-0.15, -0.1) is 0 Å². The molecule has 3 rings (SSSR count). The maximum atomic E-state index is 13.8. The van der Waals surface area contributed by atoms with Crippen molar-refractivity contribution in [2.75, 3.05) is 5.32 Å². The van der Waals surface area contributed by atoms with Crippen LogP contribution in [0.4, 0.5) is 32.0 Å². The van der Waals surface area contributed by atoms with E-state index in [1.807, 2.05) is 0 Å². The average Bonchev–Trinajstić information content (AvgIpc) is 2.83. The minimum absolute atomic E-state index is 0.241. The Morgan fingerprint density at radius 1 is 1.00 bits per heavy atom. The Labute approximate surface area is 212 Å². The predicted octanol–water partition coefficient (Wildman–Crippen LogP) is 6.51. The van der Waals surface area contributed by atoms with Crippen LogP contribution in [0.25, 0.3) is 0 Å². The van der Waals surface area contributed by atoms with Crippen molar-refractivity contribution in [3.05, 3.63) is 64.7 Å². The van der Waals surface area contributed by atoms with E-state index in [1.165, 1.54) is 37.3 Å². The fourth-order valence-electron chi connectivity index (χ4n) is 4.53. The topological polar surface area (TPSA) is 86.6 Å². The van der Waals surface area contributed by atoms with E-state index in [0.29, 0.717) is 30.0 Å². The van der Waals surface area contributed by atoms with E-state index in [0.717, 1.165) is 25.3 Å². The normalized spacial score (nSPS) is 17.3. The molecule has 204 valence electrons. The second-order valence-electron chi connectivity index (χ2n) is 9.23. The molecule has 2 aromatic carbocycles. The van der Waals surface area contributed by atoms with Gasteiger partial charge in [0.15, 0.2) is 11.1 Å². The molecule has 0 saturated heterocycles. The summed E-state index contributed by atoms with van der Waals surface area (Å²) in [6, 6.07) is 8.99. The molecule has 3 N–H and O–H groups in total. The van der Waals surface area contributed by atoms with E-state index < -0.39 is 57.9 Å². The first-order chi connectivity index (χ1) is 17.1. The largest absolute Gasteiger partial charge is 0.430 e. The zero-order valence-corrected chi connectivity index (χ0v) is 20.6. The Morgan fingerprint density at radius 2 is 1.57 bits per heavy atom. The Bertz CT molecular complexity index is 1110. The Balaban J connectivity index is 1.95. The lowest BCUT2D eigenvalue weighted by atomic mass is 9.81. The zero-order valence-electron chi connectivity index (χ0n) is 19.8. The number of alkyl halides is 6. The van der Waals surface area contributed by atoms with Crippen LogP contribution < -0.4 is 5.32 Å². The number of nitrogens with one attached hydrogen (secondary N) is 1. The maximum absolute atomic E-state index is 13.8. The highest BCUT2D eigenvalue weighted by Crippen LogP contribution is 2.52. The summed E-state index contributed by atoms with van der Waals surface area (Å²) in [5, 5.41) is 11.6. The van der Waals surface area contributed by atoms with E-state index in [1.54, 1.807) is 0 Å². The van der Waals surface area contributed by atoms with Gasteiger partial charge in [0.1, 0.15) is 0 Å². The molecule has 0 radical (unpaired) electrons. The third kappa shape index (κ3) is 6.35. The Morgan fingerprint density at radius 3 is 2.08 bits per heavy atom. The predicted molar refractivity (Wildman–Crippen MR) is 126 cm³/mol. The molecule has 1 fully saturated rings. The quantitative estimate of drug-likeness (QED) is 0.271. The lowest BCUT2D eigenvalue weighted by molar-refractivity contribution is -0.376. The fraction of sp³-hybridized carbons (Fsp3) is 0.480. The van der Waals surface area contributed by atoms with Gasteiger partial charge in [-0.2, -0.15) is 26.3 Å². The van der Waals surface area contributed by atoms with Crippen LogP contribution in [-0.4, -0.2) is 32.1 Å². The van der Waals surface area contributed by atoms with Crippen molar-refractivity contribution < 1.29 is 45.0 Å². The molecule has 1 aliphatic carbocycles. The molecule has 5 nitrogen and oxygen atoms in total. The van der Waals surface area contributed by atoms with E-state index in [4.69, 9.17) is 0 Å². The van der Waals surface area contributed by atoms with Crippen molar-refractivity contribution in [2.45, 2.75) is 74.6 Å². The summed E-state index contributed by atoms with van der Waals surface area (Å²) in [6.45, 7) is 1.51. The van der Waals surface area contributed by atoms with E-state index >= 15 is 0 Å². The number of carbonyl (C=O) groups is 1. The highest BCUT2D eigenvalue weighted by molar-refractivity contribution is 7.79. The van der Waals surface area contributed by atoms with Gasteiger partial charge in [-0.25, -0.2) is 4.21 Å². The molecule has 1 saturated carbocycles. The van der Waals surface area contributed by atoms with Gasteiger partial charge in [-0.1, -0.05) is 49.6 Å². The van der Waals surface area contributed by atoms with Crippen LogP contribution in [0.5, 0.6) is 0 Å². The number of hydrogen-bond acceptors (Lipinski definition) is 3. The van der Waals surface area contributed by atoms with Gasteiger partial charge < -0.3 is 15.0 Å². The summed E-state index contributed by atoms with van der Waals surface area (Å²) in [4.78, 5) is 12.6. The molecular weight excluding hydrogens is 524 g/mol. The number of aliphatic hydroxyl groups is 1. The number of rotatable bonds is 7. The lowest BCUT2D eigenvalue weighted by Crippen LogP contribution is -2.54. The average molecular weight is 552 g/mol. The summed E-state index contributed by atoms with van der Waals surface area (Å²) in [5.41, 5.74) is -6.33. The second kappa shape index (κ2) is 11.1. The molecular formula is C25H27F6NO4S. The fourth-order valence-corrected chi connectivity index (χ4v) is 4.92. The van der Waals surface area contributed by atoms with Crippen LogP contribution in [0.15, 0.2) is 42.5 Å². The molecule has 2 aromatic rings. The summed E-state index contributed by atoms with van der Waals surface area (Å²) < 4.78 is 103. The summed E-state index contributed by atoms with van der Waals surface area (Å²) in [7, 11) is 0. The van der Waals surface area contributed by atoms with Gasteiger partial charge in [0, 0.05) is 11.3 Å². The first-order valence-corrected chi connectivity index (χ1v) is 12.8. The minimum Gasteiger partial charge on any atom is -0.369 e. The number of carbonyl (C=O) groups excluding carboxylic acids is 1. The third-order valence-corrected chi connectivity index (χ3v) is 7.60. The van der Waals surface area contributed by atoms with Crippen molar-refractivity contribution in [2.24, 2.45) is 0 Å². The number of halogens is 6. The number of anilines is 1. The van der Waals surface area contributed by atoms with Crippen LogP contribution in [0.1, 0.15) is 72.4 Å². The molecule has 2 atom stereocenters. The van der Waals surface area contributed by atoms with Crippen LogP contribution >= 0.6 is 0 Å². The van der Waals surface area contributed by atoms with Crippen LogP contribution in [0.3, 0.4) is 0 Å². The maximum Gasteiger partial charge on any atom is 0.430 e. The van der Waals surface area contributed by atoms with E-state index in [2.05, 4.69) is 5.32 Å². The first kappa shape index (κ1) is 29.1. The number of benzene rings is 2. The molecule has 1 amide bonds. The molecule has 0 aliphatic heterocycles. The van der Waals surface area contributed by atoms with Crippen molar-refractivity contribution in [3.63, 3.8) is 0 Å². The monoisotopic (exact) mass is 551 g/mol. The van der Waals surface area contributed by atoms with Gasteiger partial charge in [-0.05, 0) is 54.5 Å². The van der Waals surface area contributed by atoms with Gasteiger partial charge >= 0.3 is 12.4 Å². The van der Waals surface area contributed by atoms with Gasteiger partial charge in [0.05, 0.1) is 11.7 Å². The number of hydrogen-bond donors (Lipinski definition) is 3. The van der Waals surface area contributed by atoms with Gasteiger partial charge in [0.2, 0.25) is 5.91 Å². The zero-order chi connectivity index (χ0) is 27.6. The highest BCUT2D eigenvalue weighted by Gasteiger charge is 2.72. The molecule has 12 heteroatoms. The second-order valence-corrected chi connectivity index (χ2v) is 10.5. The standard InChI is InChI=1S/C25H27F6NO4S/c1-15(37(35)36)17-9-7-16(8-10-17)13-22(33)32-21-12-11-19(18-5-3-2-4-6-18)14-20(21)23(34,24(26,27)28)25(29,30)31/h7-12,14-15,18,34H,2-6,13H2,1H3,(H,32,33)(H,35,36). The molecule has 0 heterocycles. The number of amides is 1. The molecule has 0 bridgehead atoms. The minimum atomic E-state index is -6.10. The molecule has 0 spiro atoms. The van der Waals surface area contributed by atoms with E-state index in [9.17, 15) is 45.0 Å². The SMILES string of the molecule is CC(c1ccc(CC(=O)Nc2ccc(C3CCCCC3)cc2C(O)(C(F)(F)F)C(F)(F)F)cc1)S(=O)O. The van der Waals surface area contributed by atoms with Crippen molar-refractivity contribution >= 4 is 22.7 Å². The van der Waals surface area contributed by atoms with Crippen LogP contribution in [0.2, 0.25) is 0 Å². The van der Waals surface area contributed by atoms with Gasteiger partial charge in [0.25, 0.3) is 5.60 Å². The third-order valence-electron chi connectivity index (χ3n) is 6.72. The summed E-state index contributed by atoms with van der Waals surface area (Å²) >= 11 is -2.12. The first-order valence-electron chi connectivity index (χ1n) is 11.6. The molecule has 2 unspecified atom stereocenters. The Hall–Kier alpha value is -2.44. The molecule has 0 aromatic heterocycles. The van der Waals surface area contributed by atoms with Crippen molar-refractivity contribution in [1.29, 1.82) is 0 Å². The Kier molecular flexibility index (Phi) is 8.75. The van der Waals surface area contributed by atoms with Gasteiger partial charge in [-0.3, -0.25) is 4.79 Å². The van der Waals surface area contributed by atoms with Crippen LogP contribution in [0, 0.1) is 0 Å². The lowest BCUT2D eigenvalue weighted by Gasteiger charge is -2.35. The van der Waals surface area contributed by atoms with E-state index in [-0.39, 0.29) is 11.5 Å².